The van der Waals surface area contributed by atoms with Crippen molar-refractivity contribution in [2.45, 2.75) is 36.4 Å². The standard InChI is InChI=1S/C12H18N2O3S2/c1-10(14-7-3-2-5-11(14)15)9-13-19(16,17)12-6-4-8-18-12/h4,6,8,10,13H,2-3,5,7,9H2,1H3. The first-order chi connectivity index (χ1) is 9.00. The van der Waals surface area contributed by atoms with Crippen molar-refractivity contribution >= 4 is 27.3 Å². The van der Waals surface area contributed by atoms with Crippen LogP contribution in [0.3, 0.4) is 0 Å². The summed E-state index contributed by atoms with van der Waals surface area (Å²) >= 11 is 1.19. The van der Waals surface area contributed by atoms with E-state index in [9.17, 15) is 13.2 Å². The number of rotatable bonds is 5. The predicted molar refractivity (Wildman–Crippen MR) is 74.5 cm³/mol. The second kappa shape index (κ2) is 6.02. The van der Waals surface area contributed by atoms with Crippen LogP contribution in [0.4, 0.5) is 0 Å². The largest absolute Gasteiger partial charge is 0.339 e. The molecule has 1 aliphatic rings. The van der Waals surface area contributed by atoms with Crippen molar-refractivity contribution in [3.05, 3.63) is 17.5 Å². The Kier molecular flexibility index (Phi) is 4.59. The molecule has 19 heavy (non-hydrogen) atoms. The van der Waals surface area contributed by atoms with Crippen molar-refractivity contribution in [1.29, 1.82) is 0 Å². The molecule has 106 valence electrons. The van der Waals surface area contributed by atoms with E-state index in [1.165, 1.54) is 11.3 Å². The van der Waals surface area contributed by atoms with Crippen molar-refractivity contribution in [3.8, 4) is 0 Å². The maximum atomic E-state index is 12.0. The van der Waals surface area contributed by atoms with Crippen LogP contribution in [-0.4, -0.2) is 38.4 Å². The Hall–Kier alpha value is -0.920. The minimum Gasteiger partial charge on any atom is -0.339 e. The van der Waals surface area contributed by atoms with E-state index in [2.05, 4.69) is 4.72 Å². The van der Waals surface area contributed by atoms with Gasteiger partial charge in [-0.1, -0.05) is 6.07 Å². The third-order valence-electron chi connectivity index (χ3n) is 3.22. The molecule has 0 bridgehead atoms. The number of thiophene rings is 1. The maximum absolute atomic E-state index is 12.0. The highest BCUT2D eigenvalue weighted by molar-refractivity contribution is 7.91. The molecule has 2 rings (SSSR count). The summed E-state index contributed by atoms with van der Waals surface area (Å²) < 4.78 is 26.8. The van der Waals surface area contributed by atoms with Crippen LogP contribution in [0.15, 0.2) is 21.7 Å². The molecule has 0 saturated carbocycles. The zero-order valence-corrected chi connectivity index (χ0v) is 12.5. The number of likely N-dealkylation sites (tertiary alicyclic amines) is 1. The van der Waals surface area contributed by atoms with Gasteiger partial charge in [0.25, 0.3) is 0 Å². The molecule has 1 saturated heterocycles. The fraction of sp³-hybridized carbons (Fsp3) is 0.583. The Morgan fingerprint density at radius 3 is 2.89 bits per heavy atom. The van der Waals surface area contributed by atoms with E-state index in [1.807, 2.05) is 6.92 Å². The first kappa shape index (κ1) is 14.5. The third kappa shape index (κ3) is 3.55. The van der Waals surface area contributed by atoms with E-state index >= 15 is 0 Å². The Labute approximate surface area is 117 Å². The highest BCUT2D eigenvalue weighted by Gasteiger charge is 2.24. The van der Waals surface area contributed by atoms with Crippen LogP contribution in [0, 0.1) is 0 Å². The van der Waals surface area contributed by atoms with Gasteiger partial charge in [0, 0.05) is 25.6 Å². The monoisotopic (exact) mass is 302 g/mol. The summed E-state index contributed by atoms with van der Waals surface area (Å²) in [6.07, 6.45) is 2.50. The van der Waals surface area contributed by atoms with E-state index in [0.29, 0.717) is 10.6 Å². The molecule has 1 N–H and O–H groups in total. The first-order valence-corrected chi connectivity index (χ1v) is 8.69. The predicted octanol–water partition coefficient (Wildman–Crippen LogP) is 1.43. The van der Waals surface area contributed by atoms with Gasteiger partial charge >= 0.3 is 0 Å². The summed E-state index contributed by atoms with van der Waals surface area (Å²) in [6.45, 7) is 2.85. The van der Waals surface area contributed by atoms with E-state index in [-0.39, 0.29) is 18.5 Å². The number of carbonyl (C=O) groups excluding carboxylic acids is 1. The van der Waals surface area contributed by atoms with E-state index in [0.717, 1.165) is 19.4 Å². The van der Waals surface area contributed by atoms with Crippen LogP contribution >= 0.6 is 11.3 Å². The summed E-state index contributed by atoms with van der Waals surface area (Å²) in [5, 5.41) is 1.73. The molecule has 0 radical (unpaired) electrons. The number of hydrogen-bond acceptors (Lipinski definition) is 4. The number of nitrogens with zero attached hydrogens (tertiary/aromatic N) is 1. The van der Waals surface area contributed by atoms with Crippen molar-refractivity contribution in [1.82, 2.24) is 9.62 Å². The summed E-state index contributed by atoms with van der Waals surface area (Å²) in [5.41, 5.74) is 0. The minimum atomic E-state index is -3.44. The molecule has 0 aliphatic carbocycles. The van der Waals surface area contributed by atoms with E-state index in [4.69, 9.17) is 0 Å². The Balaban J connectivity index is 1.93. The average Bonchev–Trinajstić information content (AvgIpc) is 2.91. The zero-order chi connectivity index (χ0) is 13.9. The first-order valence-electron chi connectivity index (χ1n) is 6.33. The molecule has 1 unspecified atom stereocenters. The molecule has 2 heterocycles. The molecular formula is C12H18N2O3S2. The maximum Gasteiger partial charge on any atom is 0.250 e. The summed E-state index contributed by atoms with van der Waals surface area (Å²) in [7, 11) is -3.44. The van der Waals surface area contributed by atoms with E-state index < -0.39 is 10.0 Å². The number of piperidine rings is 1. The van der Waals surface area contributed by atoms with Gasteiger partial charge in [0.15, 0.2) is 0 Å². The number of hydrogen-bond donors (Lipinski definition) is 1. The summed E-state index contributed by atoms with van der Waals surface area (Å²) in [4.78, 5) is 13.5. The molecule has 0 aromatic carbocycles. The number of amides is 1. The molecule has 1 amide bonds. The van der Waals surface area contributed by atoms with Gasteiger partial charge in [0.05, 0.1) is 0 Å². The van der Waals surface area contributed by atoms with Gasteiger partial charge in [-0.15, -0.1) is 11.3 Å². The van der Waals surface area contributed by atoms with Gasteiger partial charge in [0.1, 0.15) is 4.21 Å². The lowest BCUT2D eigenvalue weighted by Crippen LogP contribution is -2.47. The van der Waals surface area contributed by atoms with Gasteiger partial charge in [-0.05, 0) is 31.2 Å². The molecule has 7 heteroatoms. The molecule has 1 atom stereocenters. The number of nitrogens with one attached hydrogen (secondary N) is 1. The second-order valence-corrected chi connectivity index (χ2v) is 7.62. The molecule has 0 spiro atoms. The number of carbonyl (C=O) groups is 1. The van der Waals surface area contributed by atoms with Crippen molar-refractivity contribution in [3.63, 3.8) is 0 Å². The zero-order valence-electron chi connectivity index (χ0n) is 10.8. The van der Waals surface area contributed by atoms with Gasteiger partial charge < -0.3 is 4.90 Å². The average molecular weight is 302 g/mol. The van der Waals surface area contributed by atoms with Crippen LogP contribution < -0.4 is 4.72 Å². The van der Waals surface area contributed by atoms with Crippen molar-refractivity contribution in [2.24, 2.45) is 0 Å². The van der Waals surface area contributed by atoms with E-state index in [1.54, 1.807) is 22.4 Å². The molecule has 1 fully saturated rings. The van der Waals surface area contributed by atoms with Crippen LogP contribution in [-0.2, 0) is 14.8 Å². The lowest BCUT2D eigenvalue weighted by atomic mass is 10.1. The van der Waals surface area contributed by atoms with Gasteiger partial charge in [-0.25, -0.2) is 13.1 Å². The third-order valence-corrected chi connectivity index (χ3v) is 6.04. The molecule has 1 aromatic rings. The Morgan fingerprint density at radius 1 is 1.47 bits per heavy atom. The molecule has 5 nitrogen and oxygen atoms in total. The Bertz CT molecular complexity index is 525. The second-order valence-electron chi connectivity index (χ2n) is 4.68. The fourth-order valence-corrected chi connectivity index (χ4v) is 4.28. The lowest BCUT2D eigenvalue weighted by Gasteiger charge is -2.32. The smallest absolute Gasteiger partial charge is 0.250 e. The van der Waals surface area contributed by atoms with Crippen LogP contribution in [0.25, 0.3) is 0 Å². The number of sulfonamides is 1. The highest BCUT2D eigenvalue weighted by atomic mass is 32.2. The van der Waals surface area contributed by atoms with Gasteiger partial charge in [-0.3, -0.25) is 4.79 Å². The lowest BCUT2D eigenvalue weighted by molar-refractivity contribution is -0.135. The topological polar surface area (TPSA) is 66.5 Å². The molecule has 1 aromatic heterocycles. The highest BCUT2D eigenvalue weighted by Crippen LogP contribution is 2.16. The van der Waals surface area contributed by atoms with Crippen LogP contribution in [0.5, 0.6) is 0 Å². The van der Waals surface area contributed by atoms with Gasteiger partial charge in [-0.2, -0.15) is 0 Å². The molecule has 1 aliphatic heterocycles. The van der Waals surface area contributed by atoms with Crippen molar-refractivity contribution < 1.29 is 13.2 Å². The molecular weight excluding hydrogens is 284 g/mol. The van der Waals surface area contributed by atoms with Crippen LogP contribution in [0.1, 0.15) is 26.2 Å². The Morgan fingerprint density at radius 2 is 2.26 bits per heavy atom. The summed E-state index contributed by atoms with van der Waals surface area (Å²) in [5.74, 6) is 0.120. The van der Waals surface area contributed by atoms with Crippen LogP contribution in [0.2, 0.25) is 0 Å². The van der Waals surface area contributed by atoms with Crippen molar-refractivity contribution in [2.75, 3.05) is 13.1 Å². The van der Waals surface area contributed by atoms with Gasteiger partial charge in [0.2, 0.25) is 15.9 Å². The fourth-order valence-electron chi connectivity index (χ4n) is 2.12. The SMILES string of the molecule is CC(CNS(=O)(=O)c1cccs1)N1CCCCC1=O. The summed E-state index contributed by atoms with van der Waals surface area (Å²) in [6, 6.07) is 3.17. The normalized spacial score (nSPS) is 18.6. The minimum absolute atomic E-state index is 0.109. The quantitative estimate of drug-likeness (QED) is 0.894.